The van der Waals surface area contributed by atoms with Crippen LogP contribution < -0.4 is 4.90 Å². The smallest absolute Gasteiger partial charge is 0.256 e. The number of halogens is 1. The van der Waals surface area contributed by atoms with E-state index >= 15 is 0 Å². The van der Waals surface area contributed by atoms with E-state index in [9.17, 15) is 9.18 Å². The van der Waals surface area contributed by atoms with E-state index in [4.69, 9.17) is 0 Å². The predicted octanol–water partition coefficient (Wildman–Crippen LogP) is 2.41. The number of fused-ring (bicyclic) bond motifs is 1. The topological polar surface area (TPSA) is 80.0 Å². The van der Waals surface area contributed by atoms with E-state index in [0.29, 0.717) is 30.6 Å². The van der Waals surface area contributed by atoms with Gasteiger partial charge in [-0.1, -0.05) is 0 Å². The Balaban J connectivity index is 1.35. The number of hydrogen-bond donors (Lipinski definition) is 0. The molecule has 2 atom stereocenters. The molecule has 0 spiro atoms. The summed E-state index contributed by atoms with van der Waals surface area (Å²) < 4.78 is 14.0. The van der Waals surface area contributed by atoms with Gasteiger partial charge in [0.1, 0.15) is 5.82 Å². The number of aromatic nitrogens is 5. The van der Waals surface area contributed by atoms with Gasteiger partial charge in [0.15, 0.2) is 0 Å². The lowest BCUT2D eigenvalue weighted by Crippen LogP contribution is -2.43. The highest BCUT2D eigenvalue weighted by Gasteiger charge is 2.39. The monoisotopic (exact) mass is 421 g/mol. The molecular formula is C22H24FN7O. The first kappa shape index (κ1) is 19.6. The average molecular weight is 421 g/mol. The Labute approximate surface area is 179 Å². The maximum Gasteiger partial charge on any atom is 0.256 e. The predicted molar refractivity (Wildman–Crippen MR) is 113 cm³/mol. The molecule has 2 aliphatic heterocycles. The molecule has 0 saturated carbocycles. The molecule has 1 aromatic carbocycles. The molecule has 1 amide bonds. The summed E-state index contributed by atoms with van der Waals surface area (Å²) in [6, 6.07) is 6.11. The first-order chi connectivity index (χ1) is 15.0. The number of rotatable bonds is 3. The fourth-order valence-electron chi connectivity index (χ4n) is 4.73. The molecule has 9 heteroatoms. The van der Waals surface area contributed by atoms with E-state index in [1.165, 1.54) is 29.3 Å². The first-order valence-corrected chi connectivity index (χ1v) is 10.5. The average Bonchev–Trinajstić information content (AvgIpc) is 3.42. The third kappa shape index (κ3) is 3.75. The van der Waals surface area contributed by atoms with Crippen molar-refractivity contribution in [2.75, 3.05) is 31.1 Å². The van der Waals surface area contributed by atoms with Crippen LogP contribution in [0.1, 0.15) is 28.2 Å². The molecule has 2 saturated heterocycles. The van der Waals surface area contributed by atoms with Crippen molar-refractivity contribution < 1.29 is 9.18 Å². The number of anilines is 1. The third-order valence-corrected chi connectivity index (χ3v) is 6.16. The number of carbonyl (C=O) groups is 1. The Morgan fingerprint density at radius 3 is 2.45 bits per heavy atom. The molecule has 160 valence electrons. The summed E-state index contributed by atoms with van der Waals surface area (Å²) in [6.07, 6.45) is 3.97. The van der Waals surface area contributed by atoms with Crippen molar-refractivity contribution in [3.05, 3.63) is 59.4 Å². The van der Waals surface area contributed by atoms with Gasteiger partial charge in [-0.3, -0.25) is 4.79 Å². The fourth-order valence-corrected chi connectivity index (χ4v) is 4.73. The van der Waals surface area contributed by atoms with Crippen molar-refractivity contribution in [3.8, 4) is 5.69 Å². The van der Waals surface area contributed by atoms with Crippen LogP contribution in [0.25, 0.3) is 5.69 Å². The zero-order chi connectivity index (χ0) is 21.5. The number of amides is 1. The van der Waals surface area contributed by atoms with E-state index in [0.717, 1.165) is 36.8 Å². The number of nitrogens with zero attached hydrogens (tertiary/aromatic N) is 7. The quantitative estimate of drug-likeness (QED) is 0.646. The number of hydrogen-bond acceptors (Lipinski definition) is 6. The summed E-state index contributed by atoms with van der Waals surface area (Å²) in [7, 11) is 0. The minimum Gasteiger partial charge on any atom is -0.340 e. The van der Waals surface area contributed by atoms with Crippen LogP contribution in [-0.2, 0) is 0 Å². The van der Waals surface area contributed by atoms with Crippen molar-refractivity contribution in [2.45, 2.75) is 20.3 Å². The van der Waals surface area contributed by atoms with Crippen LogP contribution >= 0.6 is 0 Å². The standard InChI is InChI=1S/C22H24FN7O/c1-14-9-15(2)27-22(26-14)29-11-16-5-8-28(12-17(16)13-29)21(31)19-10-18(23)3-4-20(19)30-24-6-7-25-30/h3-4,6-7,9-10,16-17H,5,8,11-13H2,1-2H3/t16-,17+/m1/s1. The molecule has 0 bridgehead atoms. The lowest BCUT2D eigenvalue weighted by molar-refractivity contribution is 0.0641. The highest BCUT2D eigenvalue weighted by molar-refractivity contribution is 5.97. The van der Waals surface area contributed by atoms with Crippen molar-refractivity contribution in [2.24, 2.45) is 11.8 Å². The minimum atomic E-state index is -0.451. The second-order valence-corrected chi connectivity index (χ2v) is 8.40. The Morgan fingerprint density at radius 1 is 1.00 bits per heavy atom. The molecule has 31 heavy (non-hydrogen) atoms. The molecule has 2 fully saturated rings. The normalized spacial score (nSPS) is 20.7. The third-order valence-electron chi connectivity index (χ3n) is 6.16. The number of likely N-dealkylation sites (tertiary alicyclic amines) is 1. The van der Waals surface area contributed by atoms with Gasteiger partial charge in [0.25, 0.3) is 5.91 Å². The first-order valence-electron chi connectivity index (χ1n) is 10.5. The molecule has 0 unspecified atom stereocenters. The Hall–Kier alpha value is -3.36. The van der Waals surface area contributed by atoms with E-state index in [-0.39, 0.29) is 11.5 Å². The van der Waals surface area contributed by atoms with Gasteiger partial charge in [-0.2, -0.15) is 15.0 Å². The van der Waals surface area contributed by atoms with Crippen LogP contribution in [0.2, 0.25) is 0 Å². The molecule has 3 aromatic rings. The number of aryl methyl sites for hydroxylation is 2. The largest absolute Gasteiger partial charge is 0.340 e. The maximum absolute atomic E-state index is 14.0. The minimum absolute atomic E-state index is 0.189. The highest BCUT2D eigenvalue weighted by Crippen LogP contribution is 2.34. The molecule has 0 aliphatic carbocycles. The SMILES string of the molecule is Cc1cc(C)nc(N2C[C@H]3CCN(C(=O)c4cc(F)ccc4-n4nccn4)C[C@H]3C2)n1. The molecule has 5 rings (SSSR count). The number of piperidine rings is 1. The molecule has 0 N–H and O–H groups in total. The Morgan fingerprint density at radius 2 is 1.71 bits per heavy atom. The van der Waals surface area contributed by atoms with E-state index in [1.54, 1.807) is 6.07 Å². The van der Waals surface area contributed by atoms with Crippen molar-refractivity contribution in [3.63, 3.8) is 0 Å². The molecular weight excluding hydrogens is 397 g/mol. The zero-order valence-corrected chi connectivity index (χ0v) is 17.6. The molecule has 4 heterocycles. The summed E-state index contributed by atoms with van der Waals surface area (Å²) in [5.41, 5.74) is 2.68. The summed E-state index contributed by atoms with van der Waals surface area (Å²) in [6.45, 7) is 6.95. The molecule has 8 nitrogen and oxygen atoms in total. The van der Waals surface area contributed by atoms with Gasteiger partial charge in [0, 0.05) is 37.6 Å². The molecule has 2 aliphatic rings. The Bertz CT molecular complexity index is 1100. The number of benzene rings is 1. The van der Waals surface area contributed by atoms with Gasteiger partial charge in [0.2, 0.25) is 5.95 Å². The van der Waals surface area contributed by atoms with Gasteiger partial charge in [-0.25, -0.2) is 14.4 Å². The van der Waals surface area contributed by atoms with Crippen LogP contribution in [0.4, 0.5) is 10.3 Å². The summed E-state index contributed by atoms with van der Waals surface area (Å²) in [5.74, 6) is 0.955. The van der Waals surface area contributed by atoms with Crippen LogP contribution in [0.15, 0.2) is 36.7 Å². The van der Waals surface area contributed by atoms with Gasteiger partial charge in [-0.05, 0) is 56.4 Å². The summed E-state index contributed by atoms with van der Waals surface area (Å²) in [5, 5.41) is 8.21. The zero-order valence-electron chi connectivity index (χ0n) is 17.6. The van der Waals surface area contributed by atoms with Gasteiger partial charge in [0.05, 0.1) is 23.6 Å². The van der Waals surface area contributed by atoms with Crippen LogP contribution in [-0.4, -0.2) is 61.9 Å². The summed E-state index contributed by atoms with van der Waals surface area (Å²) >= 11 is 0. The lowest BCUT2D eigenvalue weighted by Gasteiger charge is -2.34. The second-order valence-electron chi connectivity index (χ2n) is 8.40. The molecule has 0 radical (unpaired) electrons. The maximum atomic E-state index is 14.0. The van der Waals surface area contributed by atoms with Crippen LogP contribution in [0, 0.1) is 31.5 Å². The van der Waals surface area contributed by atoms with Crippen molar-refractivity contribution in [1.82, 2.24) is 29.9 Å². The van der Waals surface area contributed by atoms with Gasteiger partial charge >= 0.3 is 0 Å². The van der Waals surface area contributed by atoms with Crippen molar-refractivity contribution >= 4 is 11.9 Å². The summed E-state index contributed by atoms with van der Waals surface area (Å²) in [4.78, 5) is 28.0. The van der Waals surface area contributed by atoms with Gasteiger partial charge in [-0.15, -0.1) is 0 Å². The van der Waals surface area contributed by atoms with Crippen LogP contribution in [0.5, 0.6) is 0 Å². The van der Waals surface area contributed by atoms with E-state index in [1.807, 2.05) is 24.8 Å². The second kappa shape index (κ2) is 7.72. The van der Waals surface area contributed by atoms with E-state index < -0.39 is 5.82 Å². The van der Waals surface area contributed by atoms with Gasteiger partial charge < -0.3 is 9.80 Å². The Kier molecular flexibility index (Phi) is 4.88. The van der Waals surface area contributed by atoms with E-state index in [2.05, 4.69) is 25.1 Å². The van der Waals surface area contributed by atoms with Crippen LogP contribution in [0.3, 0.4) is 0 Å². The fraction of sp³-hybridized carbons (Fsp3) is 0.409. The highest BCUT2D eigenvalue weighted by atomic mass is 19.1. The number of carbonyl (C=O) groups excluding carboxylic acids is 1. The van der Waals surface area contributed by atoms with Crippen molar-refractivity contribution in [1.29, 1.82) is 0 Å². The lowest BCUT2D eigenvalue weighted by atomic mass is 9.88. The molecule has 2 aromatic heterocycles.